The molecule has 2 aromatic heterocycles. The van der Waals surface area contributed by atoms with Gasteiger partial charge in [0.1, 0.15) is 5.65 Å². The van der Waals surface area contributed by atoms with Crippen LogP contribution in [0.2, 0.25) is 0 Å². The number of rotatable bonds is 7. The topological polar surface area (TPSA) is 46.6 Å². The van der Waals surface area contributed by atoms with Crippen molar-refractivity contribution >= 4 is 5.65 Å². The maximum Gasteiger partial charge on any atom is 0.137 e. The summed E-state index contributed by atoms with van der Waals surface area (Å²) in [6.45, 7) is 9.25. The molecule has 110 valence electrons. The second kappa shape index (κ2) is 6.37. The zero-order chi connectivity index (χ0) is 14.6. The third kappa shape index (κ3) is 3.02. The van der Waals surface area contributed by atoms with Gasteiger partial charge in [-0.1, -0.05) is 19.9 Å². The summed E-state index contributed by atoms with van der Waals surface area (Å²) in [6, 6.07) is 6.08. The van der Waals surface area contributed by atoms with Crippen LogP contribution in [-0.4, -0.2) is 32.9 Å². The second-order valence-electron chi connectivity index (χ2n) is 5.67. The molecule has 0 saturated heterocycles. The van der Waals surface area contributed by atoms with Crippen LogP contribution < -0.4 is 5.73 Å². The summed E-state index contributed by atoms with van der Waals surface area (Å²) >= 11 is 0. The Labute approximate surface area is 121 Å². The van der Waals surface area contributed by atoms with Crippen molar-refractivity contribution in [1.29, 1.82) is 0 Å². The first-order valence-corrected chi connectivity index (χ1v) is 7.50. The van der Waals surface area contributed by atoms with Gasteiger partial charge in [-0.05, 0) is 38.4 Å². The molecule has 0 aliphatic heterocycles. The SMILES string of the molecule is CCCN(Cc1cn2ccccc2n1)C(C)(CC)CN. The number of fused-ring (bicyclic) bond motifs is 1. The first-order valence-electron chi connectivity index (χ1n) is 7.50. The van der Waals surface area contributed by atoms with Crippen molar-refractivity contribution in [3.8, 4) is 0 Å². The Hall–Kier alpha value is -1.39. The van der Waals surface area contributed by atoms with Gasteiger partial charge in [0.2, 0.25) is 0 Å². The molecular weight excluding hydrogens is 248 g/mol. The van der Waals surface area contributed by atoms with Gasteiger partial charge in [0.25, 0.3) is 0 Å². The van der Waals surface area contributed by atoms with Gasteiger partial charge in [-0.15, -0.1) is 0 Å². The molecule has 0 radical (unpaired) electrons. The van der Waals surface area contributed by atoms with Gasteiger partial charge in [0, 0.05) is 31.0 Å². The van der Waals surface area contributed by atoms with Crippen LogP contribution in [0.5, 0.6) is 0 Å². The third-order valence-corrected chi connectivity index (χ3v) is 4.23. The molecule has 1 atom stereocenters. The molecule has 0 amide bonds. The van der Waals surface area contributed by atoms with Gasteiger partial charge < -0.3 is 10.1 Å². The van der Waals surface area contributed by atoms with Crippen molar-refractivity contribution in [2.75, 3.05) is 13.1 Å². The molecule has 0 aliphatic carbocycles. The maximum absolute atomic E-state index is 6.01. The van der Waals surface area contributed by atoms with Gasteiger partial charge in [0.15, 0.2) is 0 Å². The lowest BCUT2D eigenvalue weighted by molar-refractivity contribution is 0.0960. The van der Waals surface area contributed by atoms with Crippen LogP contribution in [0.4, 0.5) is 0 Å². The number of imidazole rings is 1. The van der Waals surface area contributed by atoms with Crippen molar-refractivity contribution in [3.63, 3.8) is 0 Å². The minimum atomic E-state index is 0.0474. The number of aromatic nitrogens is 2. The lowest BCUT2D eigenvalue weighted by atomic mass is 9.96. The van der Waals surface area contributed by atoms with Gasteiger partial charge in [-0.25, -0.2) is 4.98 Å². The van der Waals surface area contributed by atoms with E-state index in [1.165, 1.54) is 0 Å². The van der Waals surface area contributed by atoms with E-state index in [0.29, 0.717) is 6.54 Å². The molecule has 0 bridgehead atoms. The Morgan fingerprint density at radius 1 is 1.35 bits per heavy atom. The van der Waals surface area contributed by atoms with Gasteiger partial charge >= 0.3 is 0 Å². The van der Waals surface area contributed by atoms with Gasteiger partial charge in [0.05, 0.1) is 5.69 Å². The Morgan fingerprint density at radius 2 is 2.15 bits per heavy atom. The van der Waals surface area contributed by atoms with Crippen LogP contribution in [0.1, 0.15) is 39.3 Å². The molecule has 2 aromatic rings. The van der Waals surface area contributed by atoms with Crippen LogP contribution >= 0.6 is 0 Å². The van der Waals surface area contributed by atoms with Crippen molar-refractivity contribution in [3.05, 3.63) is 36.3 Å². The predicted molar refractivity (Wildman–Crippen MR) is 83.6 cm³/mol. The molecule has 0 spiro atoms. The van der Waals surface area contributed by atoms with E-state index in [9.17, 15) is 0 Å². The van der Waals surface area contributed by atoms with Crippen LogP contribution in [0.15, 0.2) is 30.6 Å². The normalized spacial score (nSPS) is 14.8. The predicted octanol–water partition coefficient (Wildman–Crippen LogP) is 2.67. The van der Waals surface area contributed by atoms with Crippen LogP contribution in [0, 0.1) is 0 Å². The number of hydrogen-bond acceptors (Lipinski definition) is 3. The zero-order valence-electron chi connectivity index (χ0n) is 12.8. The Bertz CT molecular complexity index is 509. The lowest BCUT2D eigenvalue weighted by Crippen LogP contribution is -2.51. The van der Waals surface area contributed by atoms with E-state index in [0.717, 1.165) is 37.3 Å². The first-order chi connectivity index (χ1) is 9.62. The molecule has 0 saturated carbocycles. The quantitative estimate of drug-likeness (QED) is 0.844. The highest BCUT2D eigenvalue weighted by atomic mass is 15.2. The van der Waals surface area contributed by atoms with E-state index in [1.54, 1.807) is 0 Å². The summed E-state index contributed by atoms with van der Waals surface area (Å²) in [4.78, 5) is 7.16. The van der Waals surface area contributed by atoms with Gasteiger partial charge in [-0.3, -0.25) is 4.90 Å². The fourth-order valence-corrected chi connectivity index (χ4v) is 2.57. The number of pyridine rings is 1. The molecule has 2 heterocycles. The Morgan fingerprint density at radius 3 is 2.75 bits per heavy atom. The van der Waals surface area contributed by atoms with E-state index in [1.807, 2.05) is 24.4 Å². The molecule has 0 fully saturated rings. The molecule has 0 aromatic carbocycles. The standard InChI is InChI=1S/C16H26N4/c1-4-9-20(16(3,5-2)13-17)12-14-11-19-10-7-6-8-15(19)18-14/h6-8,10-11H,4-5,9,12-13,17H2,1-3H3. The number of hydrogen-bond donors (Lipinski definition) is 1. The molecule has 4 nitrogen and oxygen atoms in total. The van der Waals surface area contributed by atoms with Crippen LogP contribution in [-0.2, 0) is 6.54 Å². The van der Waals surface area contributed by atoms with Gasteiger partial charge in [-0.2, -0.15) is 0 Å². The molecule has 2 N–H and O–H groups in total. The highest BCUT2D eigenvalue weighted by Crippen LogP contribution is 2.21. The summed E-state index contributed by atoms with van der Waals surface area (Å²) in [5, 5.41) is 0. The summed E-state index contributed by atoms with van der Waals surface area (Å²) in [6.07, 6.45) is 6.34. The Kier molecular flexibility index (Phi) is 4.78. The van der Waals surface area contributed by atoms with Crippen molar-refractivity contribution in [2.45, 2.75) is 45.7 Å². The molecule has 1 unspecified atom stereocenters. The molecule has 20 heavy (non-hydrogen) atoms. The molecule has 0 aliphatic rings. The monoisotopic (exact) mass is 274 g/mol. The summed E-state index contributed by atoms with van der Waals surface area (Å²) in [5.74, 6) is 0. The summed E-state index contributed by atoms with van der Waals surface area (Å²) in [5.41, 5.74) is 8.17. The summed E-state index contributed by atoms with van der Waals surface area (Å²) < 4.78 is 2.07. The smallest absolute Gasteiger partial charge is 0.137 e. The Balaban J connectivity index is 2.23. The van der Waals surface area contributed by atoms with E-state index in [2.05, 4.69) is 36.3 Å². The molecule has 2 rings (SSSR count). The van der Waals surface area contributed by atoms with Crippen molar-refractivity contribution in [1.82, 2.24) is 14.3 Å². The van der Waals surface area contributed by atoms with Crippen LogP contribution in [0.25, 0.3) is 5.65 Å². The zero-order valence-corrected chi connectivity index (χ0v) is 12.8. The van der Waals surface area contributed by atoms with E-state index in [-0.39, 0.29) is 5.54 Å². The molecule has 4 heteroatoms. The highest BCUT2D eigenvalue weighted by molar-refractivity contribution is 5.39. The van der Waals surface area contributed by atoms with E-state index >= 15 is 0 Å². The minimum Gasteiger partial charge on any atom is -0.329 e. The third-order valence-electron chi connectivity index (χ3n) is 4.23. The number of nitrogens with two attached hydrogens (primary N) is 1. The van der Waals surface area contributed by atoms with Crippen molar-refractivity contribution < 1.29 is 0 Å². The fraction of sp³-hybridized carbons (Fsp3) is 0.562. The molecular formula is C16H26N4. The van der Waals surface area contributed by atoms with Crippen LogP contribution in [0.3, 0.4) is 0 Å². The van der Waals surface area contributed by atoms with E-state index in [4.69, 9.17) is 10.7 Å². The van der Waals surface area contributed by atoms with E-state index < -0.39 is 0 Å². The lowest BCUT2D eigenvalue weighted by Gasteiger charge is -2.39. The second-order valence-corrected chi connectivity index (χ2v) is 5.67. The number of nitrogens with zero attached hydrogens (tertiary/aromatic N) is 3. The first kappa shape index (κ1) is 15.0. The summed E-state index contributed by atoms with van der Waals surface area (Å²) in [7, 11) is 0. The average molecular weight is 274 g/mol. The maximum atomic E-state index is 6.01. The van der Waals surface area contributed by atoms with Crippen molar-refractivity contribution in [2.24, 2.45) is 5.73 Å². The fourth-order valence-electron chi connectivity index (χ4n) is 2.57. The minimum absolute atomic E-state index is 0.0474. The highest BCUT2D eigenvalue weighted by Gasteiger charge is 2.28. The average Bonchev–Trinajstić information content (AvgIpc) is 2.88. The largest absolute Gasteiger partial charge is 0.329 e.